The molecule has 2 N–H and O–H groups in total. The number of carboxylic acids is 1. The van der Waals surface area contributed by atoms with Crippen LogP contribution in [0.3, 0.4) is 0 Å². The SMILES string of the molecule is CCCCCCCCCCCCCC(=O)O.O=S(=O)(O)[CH2][Na]. The summed E-state index contributed by atoms with van der Waals surface area (Å²) < 4.78 is 27.0. The van der Waals surface area contributed by atoms with Crippen LogP contribution in [0.15, 0.2) is 0 Å². The van der Waals surface area contributed by atoms with Crippen LogP contribution in [0.4, 0.5) is 0 Å². The van der Waals surface area contributed by atoms with Gasteiger partial charge in [-0.15, -0.1) is 0 Å². The number of hydrogen-bond donors (Lipinski definition) is 2. The summed E-state index contributed by atoms with van der Waals surface area (Å²) in [4.78, 5) is 10.3. The zero-order valence-corrected chi connectivity index (χ0v) is 17.0. The van der Waals surface area contributed by atoms with Crippen molar-refractivity contribution in [2.45, 2.75) is 84.0 Å². The van der Waals surface area contributed by atoms with Crippen molar-refractivity contribution in [2.75, 3.05) is 3.00 Å². The van der Waals surface area contributed by atoms with Crippen molar-refractivity contribution in [3.05, 3.63) is 0 Å². The molecule has 0 rings (SSSR count). The van der Waals surface area contributed by atoms with Gasteiger partial charge in [-0.2, -0.15) is 0 Å². The van der Waals surface area contributed by atoms with Gasteiger partial charge in [0.2, 0.25) is 0 Å². The summed E-state index contributed by atoms with van der Waals surface area (Å²) >= 11 is 0.510. The number of hydrogen-bond acceptors (Lipinski definition) is 3. The number of rotatable bonds is 13. The average Bonchev–Trinajstić information content (AvgIpc) is 2.44. The summed E-state index contributed by atoms with van der Waals surface area (Å²) in [6.07, 6.45) is 14.4. The molecule has 0 radical (unpaired) electrons. The maximum absolute atomic E-state index is 10.3. The third-order valence-electron chi connectivity index (χ3n) is 3.36. The second-order valence-corrected chi connectivity index (χ2v) is 9.02. The van der Waals surface area contributed by atoms with Gasteiger partial charge < -0.3 is 5.11 Å². The van der Waals surface area contributed by atoms with Gasteiger partial charge in [-0.05, 0) is 6.42 Å². The second kappa shape index (κ2) is 17.7. The van der Waals surface area contributed by atoms with E-state index in [1.54, 1.807) is 0 Å². The minimum atomic E-state index is -3.60. The van der Waals surface area contributed by atoms with Crippen molar-refractivity contribution in [3.8, 4) is 0 Å². The van der Waals surface area contributed by atoms with Gasteiger partial charge in [0.15, 0.2) is 0 Å². The molecule has 0 aliphatic heterocycles. The molecule has 0 saturated carbocycles. The fraction of sp³-hybridized carbons (Fsp3) is 0.933. The molecule has 0 heterocycles. The normalized spacial score (nSPS) is 10.9. The van der Waals surface area contributed by atoms with Crippen LogP contribution in [-0.4, -0.2) is 55.0 Å². The van der Waals surface area contributed by atoms with Crippen LogP contribution < -0.4 is 0 Å². The molecular weight excluding hydrogens is 315 g/mol. The molecule has 0 unspecified atom stereocenters. The summed E-state index contributed by atoms with van der Waals surface area (Å²) in [5.41, 5.74) is 0. The van der Waals surface area contributed by atoms with E-state index < -0.39 is 16.1 Å². The molecule has 7 heteroatoms. The van der Waals surface area contributed by atoms with Crippen molar-refractivity contribution in [1.29, 1.82) is 0 Å². The summed E-state index contributed by atoms with van der Waals surface area (Å²) in [5, 5.41) is 8.46. The summed E-state index contributed by atoms with van der Waals surface area (Å²) in [5.74, 6) is -0.657. The second-order valence-electron chi connectivity index (χ2n) is 5.55. The van der Waals surface area contributed by atoms with E-state index in [1.165, 1.54) is 57.8 Å². The van der Waals surface area contributed by atoms with Gasteiger partial charge in [-0.3, -0.25) is 4.79 Å². The Morgan fingerprint density at radius 2 is 1.18 bits per heavy atom. The third-order valence-corrected chi connectivity index (χ3v) is 6.28. The molecule has 0 aliphatic carbocycles. The predicted octanol–water partition coefficient (Wildman–Crippen LogP) is 3.77. The molecule has 0 spiro atoms. The summed E-state index contributed by atoms with van der Waals surface area (Å²) in [6, 6.07) is 0. The van der Waals surface area contributed by atoms with Crippen LogP contribution in [0.25, 0.3) is 0 Å². The fourth-order valence-corrected chi connectivity index (χ4v) is 1.94. The van der Waals surface area contributed by atoms with Gasteiger partial charge in [0.1, 0.15) is 0 Å². The molecule has 0 aromatic rings. The molecule has 128 valence electrons. The topological polar surface area (TPSA) is 91.7 Å². The summed E-state index contributed by atoms with van der Waals surface area (Å²) in [6.45, 7) is 2.25. The Bertz CT molecular complexity index is 344. The first-order chi connectivity index (χ1) is 10.3. The molecule has 0 aromatic heterocycles. The molecular formula is C15H31NaO5S. The number of unbranched alkanes of at least 4 members (excludes halogenated alkanes) is 10. The summed E-state index contributed by atoms with van der Waals surface area (Å²) in [7, 11) is -3.60. The Balaban J connectivity index is 0. The molecule has 0 aromatic carbocycles. The maximum atomic E-state index is 10.3. The molecule has 0 amide bonds. The molecule has 0 aliphatic rings. The van der Waals surface area contributed by atoms with Crippen LogP contribution in [0.2, 0.25) is 0 Å². The Morgan fingerprint density at radius 3 is 1.45 bits per heavy atom. The van der Waals surface area contributed by atoms with E-state index in [9.17, 15) is 13.2 Å². The Hall–Kier alpha value is 0.380. The van der Waals surface area contributed by atoms with Crippen LogP contribution in [0, 0.1) is 0 Å². The van der Waals surface area contributed by atoms with E-state index in [-0.39, 0.29) is 3.00 Å². The molecule has 5 nitrogen and oxygen atoms in total. The standard InChI is InChI=1S/C14H28O2.CH3O3S.Na/c1-2-3-4-5-6-7-8-9-10-11-12-13-14(15)16;1-5(2,3)4;/h2-13H2,1H3,(H,15,16);1H2,(H,2,3,4);. The van der Waals surface area contributed by atoms with Gasteiger partial charge in [-0.25, -0.2) is 0 Å². The van der Waals surface area contributed by atoms with E-state index in [4.69, 9.17) is 9.66 Å². The van der Waals surface area contributed by atoms with Gasteiger partial charge in [0, 0.05) is 6.42 Å². The number of aliphatic carboxylic acids is 1. The van der Waals surface area contributed by atoms with E-state index in [1.807, 2.05) is 0 Å². The van der Waals surface area contributed by atoms with Crippen LogP contribution in [0.5, 0.6) is 0 Å². The zero-order chi connectivity index (χ0) is 17.3. The molecule has 0 saturated heterocycles. The Labute approximate surface area is 153 Å². The average molecular weight is 346 g/mol. The quantitative estimate of drug-likeness (QED) is 0.301. The molecule has 0 fully saturated rings. The van der Waals surface area contributed by atoms with Gasteiger partial charge in [-0.1, -0.05) is 71.1 Å². The first kappa shape index (κ1) is 24.6. The third kappa shape index (κ3) is 28.5. The number of carboxylic acid groups (broad SMARTS) is 1. The predicted molar refractivity (Wildman–Crippen MR) is 90.9 cm³/mol. The Kier molecular flexibility index (Phi) is 19.8. The zero-order valence-electron chi connectivity index (χ0n) is 14.2. The minimum absolute atomic E-state index is 0.0625. The van der Waals surface area contributed by atoms with Crippen molar-refractivity contribution in [2.24, 2.45) is 0 Å². The molecule has 22 heavy (non-hydrogen) atoms. The molecule has 0 atom stereocenters. The van der Waals surface area contributed by atoms with Crippen LogP contribution in [-0.2, 0) is 14.9 Å². The van der Waals surface area contributed by atoms with E-state index in [2.05, 4.69) is 6.92 Å². The van der Waals surface area contributed by atoms with E-state index in [0.29, 0.717) is 34.4 Å². The first-order valence-electron chi connectivity index (χ1n) is 8.50. The van der Waals surface area contributed by atoms with Crippen molar-refractivity contribution < 1.29 is 22.9 Å². The fourth-order valence-electron chi connectivity index (χ4n) is 1.94. The van der Waals surface area contributed by atoms with Crippen LogP contribution in [0.1, 0.15) is 84.0 Å². The van der Waals surface area contributed by atoms with Gasteiger partial charge >= 0.3 is 60.0 Å². The van der Waals surface area contributed by atoms with Gasteiger partial charge in [0.25, 0.3) is 0 Å². The van der Waals surface area contributed by atoms with Crippen molar-refractivity contribution in [1.82, 2.24) is 0 Å². The first-order valence-corrected chi connectivity index (χ1v) is 11.5. The van der Waals surface area contributed by atoms with E-state index in [0.717, 1.165) is 12.8 Å². The Morgan fingerprint density at radius 1 is 0.864 bits per heavy atom. The van der Waals surface area contributed by atoms with Crippen molar-refractivity contribution >= 4 is 44.0 Å². The van der Waals surface area contributed by atoms with Crippen molar-refractivity contribution in [3.63, 3.8) is 0 Å². The van der Waals surface area contributed by atoms with Gasteiger partial charge in [0.05, 0.1) is 0 Å². The monoisotopic (exact) mass is 346 g/mol. The molecule has 0 bridgehead atoms. The van der Waals surface area contributed by atoms with E-state index >= 15 is 0 Å². The van der Waals surface area contributed by atoms with Crippen LogP contribution >= 0.6 is 0 Å². The number of carbonyl (C=O) groups is 1.